The molecule has 0 N–H and O–H groups in total. The van der Waals surface area contributed by atoms with Crippen LogP contribution in [-0.4, -0.2) is 12.7 Å². The first-order valence-electron chi connectivity index (χ1n) is 7.55. The van der Waals surface area contributed by atoms with Crippen LogP contribution in [0.15, 0.2) is 0 Å². The predicted molar refractivity (Wildman–Crippen MR) is 77.8 cm³/mol. The number of rotatable bonds is 14. The van der Waals surface area contributed by atoms with Crippen LogP contribution in [-0.2, 0) is 4.74 Å². The Morgan fingerprint density at radius 1 is 0.647 bits per heavy atom. The van der Waals surface area contributed by atoms with Gasteiger partial charge in [-0.1, -0.05) is 89.2 Å². The second-order valence-corrected chi connectivity index (χ2v) is 5.12. The van der Waals surface area contributed by atoms with Gasteiger partial charge in [-0.05, 0) is 6.42 Å². The molecule has 0 atom stereocenters. The average Bonchev–Trinajstić information content (AvgIpc) is 2.35. The van der Waals surface area contributed by atoms with Crippen LogP contribution in [0, 0.1) is 0 Å². The first-order valence-corrected chi connectivity index (χ1v) is 8.09. The van der Waals surface area contributed by atoms with Gasteiger partial charge < -0.3 is 4.74 Å². The fourth-order valence-corrected chi connectivity index (χ4v) is 2.21. The van der Waals surface area contributed by atoms with Crippen molar-refractivity contribution in [2.45, 2.75) is 84.0 Å². The Morgan fingerprint density at radius 2 is 1.06 bits per heavy atom. The van der Waals surface area contributed by atoms with Crippen LogP contribution in [0.4, 0.5) is 0 Å². The summed E-state index contributed by atoms with van der Waals surface area (Å²) in [6.07, 6.45) is 16.6. The Balaban J connectivity index is 2.85. The number of ether oxygens (including phenoxy) is 1. The second kappa shape index (κ2) is 16.2. The lowest BCUT2D eigenvalue weighted by Crippen LogP contribution is -1.91. The first kappa shape index (κ1) is 17.2. The van der Waals surface area contributed by atoms with E-state index in [1.165, 1.54) is 77.0 Å². The van der Waals surface area contributed by atoms with Crippen molar-refractivity contribution in [3.8, 4) is 0 Å². The van der Waals surface area contributed by atoms with E-state index in [0.29, 0.717) is 6.07 Å². The molecule has 0 aromatic heterocycles. The molecule has 0 aliphatic heterocycles. The van der Waals surface area contributed by atoms with Gasteiger partial charge in [0, 0.05) is 6.61 Å². The minimum absolute atomic E-state index is 0.345. The van der Waals surface area contributed by atoms with Crippen LogP contribution in [0.3, 0.4) is 0 Å². The summed E-state index contributed by atoms with van der Waals surface area (Å²) in [5.74, 6) is 0. The fraction of sp³-hybridized carbons (Fsp3) is 1.00. The van der Waals surface area contributed by atoms with Gasteiger partial charge in [0.1, 0.15) is 6.07 Å². The molecule has 0 unspecified atom stereocenters. The van der Waals surface area contributed by atoms with Crippen LogP contribution in [0.1, 0.15) is 84.0 Å². The number of alkyl halides is 1. The molecule has 0 aromatic carbocycles. The summed E-state index contributed by atoms with van der Waals surface area (Å²) >= 11 is 5.42. The molecule has 0 bridgehead atoms. The molecule has 0 amide bonds. The van der Waals surface area contributed by atoms with E-state index < -0.39 is 0 Å². The molecule has 0 spiro atoms. The number of hydrogen-bond acceptors (Lipinski definition) is 1. The van der Waals surface area contributed by atoms with Crippen molar-refractivity contribution in [2.75, 3.05) is 12.7 Å². The van der Waals surface area contributed by atoms with E-state index in [4.69, 9.17) is 16.3 Å². The van der Waals surface area contributed by atoms with Crippen LogP contribution < -0.4 is 0 Å². The molecule has 0 saturated heterocycles. The average molecular weight is 263 g/mol. The predicted octanol–water partition coefficient (Wildman–Crippen LogP) is 5.90. The minimum Gasteiger partial charge on any atom is -0.366 e. The van der Waals surface area contributed by atoms with Gasteiger partial charge in [-0.25, -0.2) is 0 Å². The molecule has 2 heteroatoms. The molecule has 104 valence electrons. The molecule has 17 heavy (non-hydrogen) atoms. The van der Waals surface area contributed by atoms with Gasteiger partial charge >= 0.3 is 0 Å². The number of hydrogen-bond donors (Lipinski definition) is 0. The molecular formula is C15H31ClO. The Bertz CT molecular complexity index is 114. The van der Waals surface area contributed by atoms with Crippen molar-refractivity contribution >= 4 is 11.6 Å². The highest BCUT2D eigenvalue weighted by atomic mass is 35.5. The molecule has 0 saturated carbocycles. The third-order valence-corrected chi connectivity index (χ3v) is 3.37. The van der Waals surface area contributed by atoms with Gasteiger partial charge in [0.25, 0.3) is 0 Å². The molecule has 0 fully saturated rings. The van der Waals surface area contributed by atoms with E-state index in [-0.39, 0.29) is 0 Å². The summed E-state index contributed by atoms with van der Waals surface area (Å²) in [6, 6.07) is 0.345. The van der Waals surface area contributed by atoms with Crippen LogP contribution in [0.2, 0.25) is 0 Å². The van der Waals surface area contributed by atoms with Gasteiger partial charge in [-0.2, -0.15) is 0 Å². The maximum absolute atomic E-state index is 5.42. The third-order valence-electron chi connectivity index (χ3n) is 3.22. The zero-order valence-electron chi connectivity index (χ0n) is 11.7. The summed E-state index contributed by atoms with van der Waals surface area (Å²) in [4.78, 5) is 0. The molecule has 0 aromatic rings. The van der Waals surface area contributed by atoms with E-state index in [2.05, 4.69) is 6.92 Å². The molecule has 0 radical (unpaired) electrons. The van der Waals surface area contributed by atoms with Crippen molar-refractivity contribution in [1.29, 1.82) is 0 Å². The maximum Gasteiger partial charge on any atom is 0.120 e. The highest BCUT2D eigenvalue weighted by Crippen LogP contribution is 2.11. The van der Waals surface area contributed by atoms with Gasteiger partial charge in [-0.3, -0.25) is 0 Å². The van der Waals surface area contributed by atoms with Crippen LogP contribution in [0.25, 0.3) is 0 Å². The van der Waals surface area contributed by atoms with Crippen molar-refractivity contribution < 1.29 is 4.74 Å². The summed E-state index contributed by atoms with van der Waals surface area (Å²) in [5, 5.41) is 0. The Labute approximate surface area is 113 Å². The fourth-order valence-electron chi connectivity index (χ4n) is 2.10. The Morgan fingerprint density at radius 3 is 1.47 bits per heavy atom. The molecule has 1 nitrogen and oxygen atoms in total. The van der Waals surface area contributed by atoms with Crippen LogP contribution in [0.5, 0.6) is 0 Å². The van der Waals surface area contributed by atoms with Crippen molar-refractivity contribution in [3.63, 3.8) is 0 Å². The summed E-state index contributed by atoms with van der Waals surface area (Å²) in [5.41, 5.74) is 0. The maximum atomic E-state index is 5.42. The Kier molecular flexibility index (Phi) is 16.5. The van der Waals surface area contributed by atoms with E-state index in [9.17, 15) is 0 Å². The summed E-state index contributed by atoms with van der Waals surface area (Å²) in [7, 11) is 0. The quantitative estimate of drug-likeness (QED) is 0.280. The minimum atomic E-state index is 0.345. The highest BCUT2D eigenvalue weighted by Gasteiger charge is 1.93. The van der Waals surface area contributed by atoms with E-state index in [1.54, 1.807) is 0 Å². The lowest BCUT2D eigenvalue weighted by Gasteiger charge is -2.02. The zero-order chi connectivity index (χ0) is 12.6. The van der Waals surface area contributed by atoms with Gasteiger partial charge in [0.2, 0.25) is 0 Å². The smallest absolute Gasteiger partial charge is 0.120 e. The lowest BCUT2D eigenvalue weighted by atomic mass is 10.1. The third kappa shape index (κ3) is 16.2. The molecular weight excluding hydrogens is 232 g/mol. The second-order valence-electron chi connectivity index (χ2n) is 4.91. The van der Waals surface area contributed by atoms with Crippen molar-refractivity contribution in [2.24, 2.45) is 0 Å². The summed E-state index contributed by atoms with van der Waals surface area (Å²) < 4.78 is 5.09. The van der Waals surface area contributed by atoms with Crippen molar-refractivity contribution in [3.05, 3.63) is 0 Å². The van der Waals surface area contributed by atoms with Crippen molar-refractivity contribution in [1.82, 2.24) is 0 Å². The van der Waals surface area contributed by atoms with Gasteiger partial charge in [0.15, 0.2) is 0 Å². The zero-order valence-corrected chi connectivity index (χ0v) is 12.4. The number of unbranched alkanes of at least 4 members (excludes halogenated alkanes) is 11. The number of halogens is 1. The SMILES string of the molecule is CCCCCCCCCCCCCCOCCl. The monoisotopic (exact) mass is 262 g/mol. The van der Waals surface area contributed by atoms with Gasteiger partial charge in [0.05, 0.1) is 0 Å². The highest BCUT2D eigenvalue weighted by molar-refractivity contribution is 6.17. The van der Waals surface area contributed by atoms with E-state index in [1.807, 2.05) is 0 Å². The Hall–Kier alpha value is 0.250. The molecule has 0 heterocycles. The largest absolute Gasteiger partial charge is 0.366 e. The molecule has 0 aliphatic rings. The molecule has 0 aliphatic carbocycles. The van der Waals surface area contributed by atoms with Gasteiger partial charge in [-0.15, -0.1) is 0 Å². The van der Waals surface area contributed by atoms with E-state index in [0.717, 1.165) is 6.61 Å². The van der Waals surface area contributed by atoms with Crippen LogP contribution >= 0.6 is 11.6 Å². The molecule has 0 rings (SSSR count). The summed E-state index contributed by atoms with van der Waals surface area (Å²) in [6.45, 7) is 3.11. The van der Waals surface area contributed by atoms with E-state index >= 15 is 0 Å². The standard InChI is InChI=1S/C15H31ClO/c1-2-3-4-5-6-7-8-9-10-11-12-13-14-17-15-16/h2-15H2,1H3. The lowest BCUT2D eigenvalue weighted by molar-refractivity contribution is 0.173. The first-order chi connectivity index (χ1) is 8.41. The topological polar surface area (TPSA) is 9.23 Å². The normalized spacial score (nSPS) is 10.9.